The van der Waals surface area contributed by atoms with Gasteiger partial charge >= 0.3 is 0 Å². The van der Waals surface area contributed by atoms with E-state index in [1.54, 1.807) is 0 Å². The zero-order chi connectivity index (χ0) is 13.2. The molecule has 6 heteroatoms. The van der Waals surface area contributed by atoms with Crippen LogP contribution in [0, 0.1) is 0 Å². The van der Waals surface area contributed by atoms with Gasteiger partial charge in [0.15, 0.2) is 0 Å². The number of hydrogen-bond donors (Lipinski definition) is 2. The highest BCUT2D eigenvalue weighted by Crippen LogP contribution is 2.39. The fourth-order valence-electron chi connectivity index (χ4n) is 2.51. The number of nitrogens with one attached hydrogen (secondary N) is 1. The Hall–Kier alpha value is -1.40. The minimum Gasteiger partial charge on any atom is -0.354 e. The van der Waals surface area contributed by atoms with E-state index in [1.165, 1.54) is 12.8 Å². The molecule has 0 amide bonds. The maximum absolute atomic E-state index is 5.51. The lowest BCUT2D eigenvalue weighted by Crippen LogP contribution is -2.46. The van der Waals surface area contributed by atoms with Crippen LogP contribution in [-0.2, 0) is 0 Å². The lowest BCUT2D eigenvalue weighted by atomic mass is 10.3. The van der Waals surface area contributed by atoms with Gasteiger partial charge in [0.05, 0.1) is 0 Å². The lowest BCUT2D eigenvalue weighted by molar-refractivity contribution is 0.270. The standard InChI is InChI=1S/C13H22N6/c1-2-18-5-7-19(8-6-18)12-9-11(17-14)15-13(16-12)10-3-4-10/h9-10H,2-8,14H2,1H3,(H,15,16,17). The number of rotatable bonds is 4. The molecule has 0 spiro atoms. The molecular formula is C13H22N6. The molecule has 1 saturated heterocycles. The molecule has 1 saturated carbocycles. The van der Waals surface area contributed by atoms with Crippen molar-refractivity contribution in [2.75, 3.05) is 43.0 Å². The van der Waals surface area contributed by atoms with Crippen molar-refractivity contribution in [2.45, 2.75) is 25.7 Å². The molecule has 1 aliphatic heterocycles. The maximum Gasteiger partial charge on any atom is 0.145 e. The maximum atomic E-state index is 5.51. The molecule has 6 nitrogen and oxygen atoms in total. The predicted octanol–water partition coefficient (Wildman–Crippen LogP) is 0.781. The molecule has 3 N–H and O–H groups in total. The van der Waals surface area contributed by atoms with E-state index in [4.69, 9.17) is 10.8 Å². The Bertz CT molecular complexity index is 437. The van der Waals surface area contributed by atoms with E-state index in [1.807, 2.05) is 6.07 Å². The van der Waals surface area contributed by atoms with E-state index in [0.717, 1.165) is 50.2 Å². The normalized spacial score (nSPS) is 20.6. The van der Waals surface area contributed by atoms with Gasteiger partial charge in [-0.2, -0.15) is 0 Å². The molecule has 104 valence electrons. The van der Waals surface area contributed by atoms with Crippen molar-refractivity contribution in [3.63, 3.8) is 0 Å². The number of likely N-dealkylation sites (N-methyl/N-ethyl adjacent to an activating group) is 1. The van der Waals surface area contributed by atoms with Crippen molar-refractivity contribution in [1.29, 1.82) is 0 Å². The first-order chi connectivity index (χ1) is 9.30. The van der Waals surface area contributed by atoms with E-state index in [9.17, 15) is 0 Å². The topological polar surface area (TPSA) is 70.3 Å². The van der Waals surface area contributed by atoms with E-state index >= 15 is 0 Å². The molecule has 2 heterocycles. The summed E-state index contributed by atoms with van der Waals surface area (Å²) in [6.45, 7) is 7.59. The molecular weight excluding hydrogens is 240 g/mol. The van der Waals surface area contributed by atoms with Gasteiger partial charge in [0.1, 0.15) is 17.5 Å². The molecule has 0 radical (unpaired) electrons. The summed E-state index contributed by atoms with van der Waals surface area (Å²) in [5.74, 6) is 8.75. The summed E-state index contributed by atoms with van der Waals surface area (Å²) in [5.41, 5.74) is 2.66. The number of nitrogen functional groups attached to an aromatic ring is 1. The van der Waals surface area contributed by atoms with Crippen LogP contribution in [0.1, 0.15) is 31.5 Å². The van der Waals surface area contributed by atoms with Crippen molar-refractivity contribution >= 4 is 11.6 Å². The van der Waals surface area contributed by atoms with Gasteiger partial charge in [0.25, 0.3) is 0 Å². The zero-order valence-electron chi connectivity index (χ0n) is 11.5. The van der Waals surface area contributed by atoms with Crippen molar-refractivity contribution in [3.8, 4) is 0 Å². The van der Waals surface area contributed by atoms with Crippen LogP contribution in [0.4, 0.5) is 11.6 Å². The lowest BCUT2D eigenvalue weighted by Gasteiger charge is -2.34. The molecule has 0 bridgehead atoms. The number of piperazine rings is 1. The number of aromatic nitrogens is 2. The summed E-state index contributed by atoms with van der Waals surface area (Å²) in [4.78, 5) is 14.0. The van der Waals surface area contributed by atoms with Crippen molar-refractivity contribution in [1.82, 2.24) is 14.9 Å². The monoisotopic (exact) mass is 262 g/mol. The van der Waals surface area contributed by atoms with Crippen molar-refractivity contribution in [3.05, 3.63) is 11.9 Å². The van der Waals surface area contributed by atoms with Crippen molar-refractivity contribution in [2.24, 2.45) is 5.84 Å². The molecule has 0 unspecified atom stereocenters. The second-order valence-corrected chi connectivity index (χ2v) is 5.31. The molecule has 0 aromatic carbocycles. The first kappa shape index (κ1) is 12.6. The average molecular weight is 262 g/mol. The van der Waals surface area contributed by atoms with Crippen LogP contribution in [0.15, 0.2) is 6.07 Å². The summed E-state index contributed by atoms with van der Waals surface area (Å²) < 4.78 is 0. The minimum absolute atomic E-state index is 0.545. The van der Waals surface area contributed by atoms with Crippen LogP contribution in [0.2, 0.25) is 0 Å². The van der Waals surface area contributed by atoms with E-state index in [0.29, 0.717) is 5.92 Å². The van der Waals surface area contributed by atoms with E-state index in [2.05, 4.69) is 27.1 Å². The van der Waals surface area contributed by atoms with E-state index < -0.39 is 0 Å². The highest BCUT2D eigenvalue weighted by molar-refractivity contribution is 5.49. The third-order valence-corrected chi connectivity index (χ3v) is 3.96. The Morgan fingerprint density at radius 1 is 1.26 bits per heavy atom. The van der Waals surface area contributed by atoms with Crippen LogP contribution < -0.4 is 16.2 Å². The van der Waals surface area contributed by atoms with Gasteiger partial charge in [0, 0.05) is 38.2 Å². The number of hydrazine groups is 1. The van der Waals surface area contributed by atoms with Crippen LogP contribution in [-0.4, -0.2) is 47.6 Å². The number of nitrogens with zero attached hydrogens (tertiary/aromatic N) is 4. The van der Waals surface area contributed by atoms with Gasteiger partial charge in [-0.3, -0.25) is 0 Å². The Balaban J connectivity index is 1.77. The van der Waals surface area contributed by atoms with Crippen LogP contribution in [0.3, 0.4) is 0 Å². The smallest absolute Gasteiger partial charge is 0.145 e. The number of hydrogen-bond acceptors (Lipinski definition) is 6. The average Bonchev–Trinajstić information content (AvgIpc) is 3.31. The largest absolute Gasteiger partial charge is 0.354 e. The van der Waals surface area contributed by atoms with Crippen molar-refractivity contribution < 1.29 is 0 Å². The first-order valence-electron chi connectivity index (χ1n) is 7.13. The second-order valence-electron chi connectivity index (χ2n) is 5.31. The van der Waals surface area contributed by atoms with Gasteiger partial charge in [-0.15, -0.1) is 0 Å². The molecule has 19 heavy (non-hydrogen) atoms. The van der Waals surface area contributed by atoms with Gasteiger partial charge in [-0.25, -0.2) is 15.8 Å². The molecule has 2 aliphatic rings. The quantitative estimate of drug-likeness (QED) is 0.617. The fraction of sp³-hybridized carbons (Fsp3) is 0.692. The third-order valence-electron chi connectivity index (χ3n) is 3.96. The van der Waals surface area contributed by atoms with Crippen LogP contribution in [0.5, 0.6) is 0 Å². The van der Waals surface area contributed by atoms with Crippen LogP contribution >= 0.6 is 0 Å². The summed E-state index contributed by atoms with van der Waals surface area (Å²) in [7, 11) is 0. The SMILES string of the molecule is CCN1CCN(c2cc(NN)nc(C3CC3)n2)CC1. The Labute approximate surface area is 114 Å². The molecule has 3 rings (SSSR count). The Kier molecular flexibility index (Phi) is 3.52. The molecule has 1 aromatic heterocycles. The molecule has 1 aromatic rings. The highest BCUT2D eigenvalue weighted by Gasteiger charge is 2.28. The summed E-state index contributed by atoms with van der Waals surface area (Å²) >= 11 is 0. The molecule has 1 aliphatic carbocycles. The molecule has 0 atom stereocenters. The summed E-state index contributed by atoms with van der Waals surface area (Å²) in [5, 5.41) is 0. The Morgan fingerprint density at radius 2 is 2.00 bits per heavy atom. The second kappa shape index (κ2) is 5.30. The van der Waals surface area contributed by atoms with Gasteiger partial charge in [-0.05, 0) is 19.4 Å². The fourth-order valence-corrected chi connectivity index (χ4v) is 2.51. The van der Waals surface area contributed by atoms with E-state index in [-0.39, 0.29) is 0 Å². The number of nitrogens with two attached hydrogens (primary N) is 1. The summed E-state index contributed by atoms with van der Waals surface area (Å²) in [6.07, 6.45) is 2.41. The third kappa shape index (κ3) is 2.79. The number of anilines is 2. The van der Waals surface area contributed by atoms with Gasteiger partial charge < -0.3 is 15.2 Å². The van der Waals surface area contributed by atoms with Gasteiger partial charge in [-0.1, -0.05) is 6.92 Å². The van der Waals surface area contributed by atoms with Gasteiger partial charge in [0.2, 0.25) is 0 Å². The first-order valence-corrected chi connectivity index (χ1v) is 7.13. The molecule has 2 fully saturated rings. The minimum atomic E-state index is 0.545. The predicted molar refractivity (Wildman–Crippen MR) is 76.1 cm³/mol. The van der Waals surface area contributed by atoms with Crippen LogP contribution in [0.25, 0.3) is 0 Å². The zero-order valence-corrected chi connectivity index (χ0v) is 11.5. The highest BCUT2D eigenvalue weighted by atomic mass is 15.3. The Morgan fingerprint density at radius 3 is 2.58 bits per heavy atom. The summed E-state index contributed by atoms with van der Waals surface area (Å²) in [6, 6.07) is 1.95.